The van der Waals surface area contributed by atoms with Crippen molar-refractivity contribution in [1.29, 1.82) is 0 Å². The first kappa shape index (κ1) is 22.8. The molecule has 1 saturated heterocycles. The highest BCUT2D eigenvalue weighted by Gasteiger charge is 2.37. The van der Waals surface area contributed by atoms with Crippen LogP contribution in [0.1, 0.15) is 40.2 Å². The zero-order chi connectivity index (χ0) is 21.8. The summed E-state index contributed by atoms with van der Waals surface area (Å²) in [6.45, 7) is 5.83. The fraction of sp³-hybridized carbons (Fsp3) is 0.500. The first-order valence-electron chi connectivity index (χ1n) is 10.6. The second-order valence-electron chi connectivity index (χ2n) is 8.53. The quantitative estimate of drug-likeness (QED) is 0.734. The van der Waals surface area contributed by atoms with Crippen molar-refractivity contribution < 1.29 is 18.0 Å². The number of rotatable bonds is 2. The van der Waals surface area contributed by atoms with Gasteiger partial charge in [-0.1, -0.05) is 0 Å². The maximum Gasteiger partial charge on any atom is 0.433 e. The average Bonchev–Trinajstić information content (AvgIpc) is 3.41. The standard InChI is InChI=1S/C22H24F3N5O.ClH/c1-13-17-9-26-5-3-16(17)18-11-30(12-19(18)28-13)21(31)14-4-7-29(10-14)15-2-6-27-20(8-15)22(23,24)25;/h2,6,8,14,26H,3-5,7,9-12H2,1H3;1H/t14-;/m1./s1. The number of carbonyl (C=O) groups excluding carboxylic acids is 1. The normalized spacial score (nSPS) is 20.1. The molecule has 0 aromatic carbocycles. The third-order valence-corrected chi connectivity index (χ3v) is 6.61. The van der Waals surface area contributed by atoms with Crippen LogP contribution in [0.4, 0.5) is 18.9 Å². The lowest BCUT2D eigenvalue weighted by atomic mass is 9.94. The van der Waals surface area contributed by atoms with Crippen LogP contribution < -0.4 is 10.2 Å². The number of fused-ring (bicyclic) bond motifs is 3. The highest BCUT2D eigenvalue weighted by atomic mass is 35.5. The lowest BCUT2D eigenvalue weighted by molar-refractivity contribution is -0.141. The molecule has 5 rings (SSSR count). The van der Waals surface area contributed by atoms with Crippen LogP contribution in [-0.4, -0.2) is 40.4 Å². The SMILES string of the molecule is Cc1nc2c(c3c1CNCC3)CN(C(=O)[C@@H]1CCN(c3ccnc(C(F)(F)F)c3)C1)C2.Cl. The molecule has 0 unspecified atom stereocenters. The number of pyridine rings is 2. The minimum atomic E-state index is -4.48. The molecular weight excluding hydrogens is 443 g/mol. The zero-order valence-corrected chi connectivity index (χ0v) is 18.5. The van der Waals surface area contributed by atoms with Gasteiger partial charge in [0.2, 0.25) is 5.91 Å². The summed E-state index contributed by atoms with van der Waals surface area (Å²) in [4.78, 5) is 25.1. The second kappa shape index (κ2) is 8.51. The van der Waals surface area contributed by atoms with Crippen LogP contribution in [0, 0.1) is 12.8 Å². The van der Waals surface area contributed by atoms with Gasteiger partial charge in [-0.05, 0) is 55.1 Å². The maximum absolute atomic E-state index is 13.2. The van der Waals surface area contributed by atoms with E-state index in [1.807, 2.05) is 16.7 Å². The largest absolute Gasteiger partial charge is 0.433 e. The van der Waals surface area contributed by atoms with Crippen LogP contribution in [0.5, 0.6) is 0 Å². The Kier molecular flexibility index (Phi) is 6.06. The fourth-order valence-electron chi connectivity index (χ4n) is 5.00. The van der Waals surface area contributed by atoms with Crippen molar-refractivity contribution in [2.45, 2.75) is 45.6 Å². The topological polar surface area (TPSA) is 61.4 Å². The predicted molar refractivity (Wildman–Crippen MR) is 115 cm³/mol. The van der Waals surface area contributed by atoms with Crippen LogP contribution >= 0.6 is 12.4 Å². The molecule has 3 aliphatic heterocycles. The second-order valence-corrected chi connectivity index (χ2v) is 8.53. The summed E-state index contributed by atoms with van der Waals surface area (Å²) in [6, 6.07) is 2.63. The minimum Gasteiger partial charge on any atom is -0.371 e. The van der Waals surface area contributed by atoms with Crippen molar-refractivity contribution >= 4 is 24.0 Å². The number of hydrogen-bond acceptors (Lipinski definition) is 5. The van der Waals surface area contributed by atoms with E-state index in [9.17, 15) is 18.0 Å². The molecule has 10 heteroatoms. The van der Waals surface area contributed by atoms with Gasteiger partial charge in [0.15, 0.2) is 0 Å². The Hall–Kier alpha value is -2.39. The van der Waals surface area contributed by atoms with Crippen molar-refractivity contribution in [1.82, 2.24) is 20.2 Å². The van der Waals surface area contributed by atoms with E-state index in [-0.39, 0.29) is 24.2 Å². The van der Waals surface area contributed by atoms with Gasteiger partial charge in [-0.25, -0.2) is 0 Å². The molecule has 32 heavy (non-hydrogen) atoms. The van der Waals surface area contributed by atoms with E-state index in [2.05, 4.69) is 10.3 Å². The van der Waals surface area contributed by atoms with Gasteiger partial charge in [-0.15, -0.1) is 12.4 Å². The van der Waals surface area contributed by atoms with Gasteiger partial charge in [0, 0.05) is 43.8 Å². The number of hydrogen-bond donors (Lipinski definition) is 1. The molecule has 5 heterocycles. The Morgan fingerprint density at radius 1 is 1.22 bits per heavy atom. The van der Waals surface area contributed by atoms with Crippen LogP contribution in [-0.2, 0) is 37.0 Å². The molecule has 1 amide bonds. The summed E-state index contributed by atoms with van der Waals surface area (Å²) < 4.78 is 39.0. The summed E-state index contributed by atoms with van der Waals surface area (Å²) in [5, 5.41) is 3.38. The molecule has 1 fully saturated rings. The number of nitrogens with zero attached hydrogens (tertiary/aromatic N) is 4. The zero-order valence-electron chi connectivity index (χ0n) is 17.7. The number of nitrogens with one attached hydrogen (secondary N) is 1. The van der Waals surface area contributed by atoms with E-state index in [1.54, 1.807) is 6.07 Å². The van der Waals surface area contributed by atoms with E-state index in [0.29, 0.717) is 38.3 Å². The van der Waals surface area contributed by atoms with Gasteiger partial charge in [-0.2, -0.15) is 13.2 Å². The first-order valence-corrected chi connectivity index (χ1v) is 10.6. The molecular formula is C22H25ClF3N5O. The van der Waals surface area contributed by atoms with Gasteiger partial charge in [0.1, 0.15) is 5.69 Å². The Morgan fingerprint density at radius 3 is 2.81 bits per heavy atom. The van der Waals surface area contributed by atoms with Crippen LogP contribution in [0.15, 0.2) is 18.3 Å². The van der Waals surface area contributed by atoms with Gasteiger partial charge in [0.05, 0.1) is 18.2 Å². The van der Waals surface area contributed by atoms with Crippen LogP contribution in [0.3, 0.4) is 0 Å². The number of carbonyl (C=O) groups is 1. The maximum atomic E-state index is 13.2. The molecule has 2 aromatic heterocycles. The van der Waals surface area contributed by atoms with Gasteiger partial charge >= 0.3 is 6.18 Å². The lowest BCUT2D eigenvalue weighted by Gasteiger charge is -2.23. The van der Waals surface area contributed by atoms with E-state index in [0.717, 1.165) is 37.0 Å². The molecule has 1 atom stereocenters. The van der Waals surface area contributed by atoms with Gasteiger partial charge < -0.3 is 15.1 Å². The fourth-order valence-corrected chi connectivity index (χ4v) is 5.00. The molecule has 0 radical (unpaired) electrons. The number of anilines is 1. The highest BCUT2D eigenvalue weighted by Crippen LogP contribution is 2.34. The van der Waals surface area contributed by atoms with Crippen LogP contribution in [0.25, 0.3) is 0 Å². The van der Waals surface area contributed by atoms with Crippen molar-refractivity contribution in [3.8, 4) is 0 Å². The summed E-state index contributed by atoms with van der Waals surface area (Å²) >= 11 is 0. The Morgan fingerprint density at radius 2 is 2.03 bits per heavy atom. The molecule has 1 N–H and O–H groups in total. The number of aromatic nitrogens is 2. The number of amides is 1. The Balaban J connectivity index is 0.00000245. The lowest BCUT2D eigenvalue weighted by Crippen LogP contribution is -2.34. The molecule has 172 valence electrons. The number of halogens is 4. The van der Waals surface area contributed by atoms with Crippen LogP contribution in [0.2, 0.25) is 0 Å². The summed E-state index contributed by atoms with van der Waals surface area (Å²) in [6.07, 6.45) is -1.73. The first-order chi connectivity index (χ1) is 14.8. The van der Waals surface area contributed by atoms with Gasteiger partial charge in [-0.3, -0.25) is 14.8 Å². The summed E-state index contributed by atoms with van der Waals surface area (Å²) in [5.74, 6) is -0.165. The van der Waals surface area contributed by atoms with Gasteiger partial charge in [0.25, 0.3) is 0 Å². The smallest absolute Gasteiger partial charge is 0.371 e. The number of alkyl halides is 3. The minimum absolute atomic E-state index is 0. The Labute approximate surface area is 190 Å². The van der Waals surface area contributed by atoms with E-state index >= 15 is 0 Å². The average molecular weight is 468 g/mol. The Bertz CT molecular complexity index is 1040. The molecule has 0 spiro atoms. The summed E-state index contributed by atoms with van der Waals surface area (Å²) in [7, 11) is 0. The monoisotopic (exact) mass is 467 g/mol. The molecule has 0 aliphatic carbocycles. The van der Waals surface area contributed by atoms with Crippen molar-refractivity contribution in [2.75, 3.05) is 24.5 Å². The number of aryl methyl sites for hydroxylation is 1. The van der Waals surface area contributed by atoms with Crippen molar-refractivity contribution in [3.63, 3.8) is 0 Å². The molecule has 3 aliphatic rings. The molecule has 2 aromatic rings. The molecule has 0 saturated carbocycles. The van der Waals surface area contributed by atoms with Crippen molar-refractivity contribution in [2.24, 2.45) is 5.92 Å². The van der Waals surface area contributed by atoms with Crippen molar-refractivity contribution in [3.05, 3.63) is 52.1 Å². The molecule has 6 nitrogen and oxygen atoms in total. The third-order valence-electron chi connectivity index (χ3n) is 6.61. The van der Waals surface area contributed by atoms with E-state index in [1.165, 1.54) is 22.9 Å². The molecule has 0 bridgehead atoms. The summed E-state index contributed by atoms with van der Waals surface area (Å²) in [5.41, 5.74) is 5.35. The van der Waals surface area contributed by atoms with E-state index < -0.39 is 11.9 Å². The third kappa shape index (κ3) is 4.03. The highest BCUT2D eigenvalue weighted by molar-refractivity contribution is 5.85. The van der Waals surface area contributed by atoms with E-state index in [4.69, 9.17) is 4.98 Å². The predicted octanol–water partition coefficient (Wildman–Crippen LogP) is 3.24.